The molecule has 0 saturated heterocycles. The summed E-state index contributed by atoms with van der Waals surface area (Å²) in [4.78, 5) is 17.6. The van der Waals surface area contributed by atoms with Crippen molar-refractivity contribution < 1.29 is 31.1 Å². The van der Waals surface area contributed by atoms with Crippen LogP contribution in [0.2, 0.25) is 5.02 Å². The van der Waals surface area contributed by atoms with Gasteiger partial charge >= 0.3 is 12.4 Å². The Hall–Kier alpha value is -2.75. The summed E-state index contributed by atoms with van der Waals surface area (Å²) < 4.78 is 77.6. The van der Waals surface area contributed by atoms with Gasteiger partial charge in [-0.15, -0.1) is 0 Å². The van der Waals surface area contributed by atoms with Gasteiger partial charge in [-0.05, 0) is 24.1 Å². The van der Waals surface area contributed by atoms with Crippen molar-refractivity contribution in [2.45, 2.75) is 31.4 Å². The maximum absolute atomic E-state index is 13.1. The Kier molecular flexibility index (Phi) is 5.98. The predicted molar refractivity (Wildman–Crippen MR) is 97.6 cm³/mol. The maximum Gasteiger partial charge on any atom is 0.417 e. The summed E-state index contributed by atoms with van der Waals surface area (Å²) in [5, 5.41) is 2.13. The van der Waals surface area contributed by atoms with Gasteiger partial charge in [-0.1, -0.05) is 35.9 Å². The molecule has 1 aliphatic rings. The molecule has 1 atom stereocenters. The third-order valence-corrected chi connectivity index (χ3v) is 4.71. The highest BCUT2D eigenvalue weighted by molar-refractivity contribution is 6.33. The van der Waals surface area contributed by atoms with E-state index in [0.717, 1.165) is 6.07 Å². The fourth-order valence-electron chi connectivity index (χ4n) is 3.00. The van der Waals surface area contributed by atoms with Crippen LogP contribution in [0.4, 0.5) is 32.2 Å². The molecular weight excluding hydrogens is 436 g/mol. The second-order valence-electron chi connectivity index (χ2n) is 6.44. The first kappa shape index (κ1) is 21.9. The number of halogens is 7. The van der Waals surface area contributed by atoms with Crippen LogP contribution in [0, 0.1) is 0 Å². The van der Waals surface area contributed by atoms with Gasteiger partial charge in [0.2, 0.25) is 5.91 Å². The van der Waals surface area contributed by atoms with Gasteiger partial charge in [-0.3, -0.25) is 4.79 Å². The predicted octanol–water partition coefficient (Wildman–Crippen LogP) is 5.18. The van der Waals surface area contributed by atoms with E-state index in [1.807, 2.05) is 0 Å². The van der Waals surface area contributed by atoms with Crippen LogP contribution < -0.4 is 10.2 Å². The summed E-state index contributed by atoms with van der Waals surface area (Å²) in [6.07, 6.45) is -5.38. The molecule has 4 nitrogen and oxygen atoms in total. The number of nitrogens with one attached hydrogen (secondary N) is 1. The zero-order valence-corrected chi connectivity index (χ0v) is 15.8. The molecule has 1 aromatic heterocycles. The van der Waals surface area contributed by atoms with E-state index in [9.17, 15) is 31.1 Å². The van der Waals surface area contributed by atoms with Crippen LogP contribution >= 0.6 is 11.6 Å². The van der Waals surface area contributed by atoms with E-state index >= 15 is 0 Å². The average Bonchev–Trinajstić information content (AvgIpc) is 3.14. The summed E-state index contributed by atoms with van der Waals surface area (Å²) in [6.45, 7) is -0.368. The van der Waals surface area contributed by atoms with Crippen LogP contribution in [-0.2, 0) is 23.7 Å². The minimum atomic E-state index is -4.63. The van der Waals surface area contributed by atoms with E-state index in [-0.39, 0.29) is 29.4 Å². The Morgan fingerprint density at radius 3 is 2.50 bits per heavy atom. The van der Waals surface area contributed by atoms with Crippen LogP contribution in [0.3, 0.4) is 0 Å². The summed E-state index contributed by atoms with van der Waals surface area (Å²) >= 11 is 5.93. The lowest BCUT2D eigenvalue weighted by molar-refractivity contribution is -0.139. The number of anilines is 1. The van der Waals surface area contributed by atoms with Crippen molar-refractivity contribution in [3.63, 3.8) is 0 Å². The zero-order valence-electron chi connectivity index (χ0n) is 15.1. The highest BCUT2D eigenvalue weighted by Crippen LogP contribution is 2.35. The first-order chi connectivity index (χ1) is 14.0. The highest BCUT2D eigenvalue weighted by atomic mass is 35.5. The first-order valence-electron chi connectivity index (χ1n) is 8.59. The van der Waals surface area contributed by atoms with Gasteiger partial charge in [0.25, 0.3) is 0 Å². The summed E-state index contributed by atoms with van der Waals surface area (Å²) in [6, 6.07) is 4.62. The number of hydrogen-bond acceptors (Lipinski definition) is 3. The smallest absolute Gasteiger partial charge is 0.350 e. The number of hydrogen-bond donors (Lipinski definition) is 1. The van der Waals surface area contributed by atoms with Crippen molar-refractivity contribution in [3.05, 3.63) is 70.5 Å². The molecule has 0 fully saturated rings. The average molecular weight is 450 g/mol. The minimum absolute atomic E-state index is 0.0609. The molecule has 0 aliphatic carbocycles. The van der Waals surface area contributed by atoms with Crippen molar-refractivity contribution in [1.82, 2.24) is 10.3 Å². The molecule has 3 rings (SSSR count). The van der Waals surface area contributed by atoms with E-state index in [4.69, 9.17) is 11.6 Å². The van der Waals surface area contributed by atoms with E-state index in [1.54, 1.807) is 6.08 Å². The number of benzene rings is 1. The number of carbonyl (C=O) groups is 1. The molecule has 0 spiro atoms. The summed E-state index contributed by atoms with van der Waals surface area (Å²) in [5.74, 6) is -0.677. The fourth-order valence-corrected chi connectivity index (χ4v) is 3.26. The van der Waals surface area contributed by atoms with Crippen molar-refractivity contribution in [3.8, 4) is 0 Å². The van der Waals surface area contributed by atoms with Crippen LogP contribution in [0.15, 0.2) is 48.8 Å². The lowest BCUT2D eigenvalue weighted by Crippen LogP contribution is -2.42. The Bertz CT molecular complexity index is 973. The normalized spacial score (nSPS) is 16.8. The molecule has 0 radical (unpaired) electrons. The molecule has 0 saturated carbocycles. The molecule has 11 heteroatoms. The molecule has 1 aliphatic heterocycles. The van der Waals surface area contributed by atoms with Crippen LogP contribution in [0.5, 0.6) is 0 Å². The Balaban J connectivity index is 1.75. The third-order valence-electron chi connectivity index (χ3n) is 4.43. The highest BCUT2D eigenvalue weighted by Gasteiger charge is 2.35. The zero-order chi connectivity index (χ0) is 22.1. The Morgan fingerprint density at radius 1 is 1.17 bits per heavy atom. The molecule has 1 amide bonds. The number of aromatic nitrogens is 1. The fraction of sp³-hybridized carbons (Fsp3) is 0.263. The molecule has 160 valence electrons. The van der Waals surface area contributed by atoms with Crippen molar-refractivity contribution >= 4 is 23.3 Å². The molecule has 30 heavy (non-hydrogen) atoms. The quantitative estimate of drug-likeness (QED) is 0.654. The largest absolute Gasteiger partial charge is 0.417 e. The van der Waals surface area contributed by atoms with Gasteiger partial charge < -0.3 is 10.2 Å². The Labute approximate surface area is 172 Å². The SMILES string of the molecule is O=C(NCc1ccccc1C(F)(F)F)C1CC=CN1c1ncc(C(F)(F)F)cc1Cl. The van der Waals surface area contributed by atoms with E-state index in [1.165, 1.54) is 29.3 Å². The van der Waals surface area contributed by atoms with Crippen molar-refractivity contribution in [1.29, 1.82) is 0 Å². The van der Waals surface area contributed by atoms with Crippen LogP contribution in [0.25, 0.3) is 0 Å². The van der Waals surface area contributed by atoms with Crippen LogP contribution in [-0.4, -0.2) is 16.9 Å². The van der Waals surface area contributed by atoms with Crippen LogP contribution in [0.1, 0.15) is 23.1 Å². The van der Waals surface area contributed by atoms with Gasteiger partial charge in [0.05, 0.1) is 16.1 Å². The second kappa shape index (κ2) is 8.17. The summed E-state index contributed by atoms with van der Waals surface area (Å²) in [5.41, 5.74) is -2.01. The molecule has 1 aromatic carbocycles. The summed E-state index contributed by atoms with van der Waals surface area (Å²) in [7, 11) is 0. The van der Waals surface area contributed by atoms with E-state index in [0.29, 0.717) is 12.3 Å². The number of carbonyl (C=O) groups excluding carboxylic acids is 1. The van der Waals surface area contributed by atoms with E-state index in [2.05, 4.69) is 10.3 Å². The van der Waals surface area contributed by atoms with Crippen molar-refractivity contribution in [2.75, 3.05) is 4.90 Å². The third kappa shape index (κ3) is 4.69. The van der Waals surface area contributed by atoms with E-state index < -0.39 is 35.4 Å². The van der Waals surface area contributed by atoms with Gasteiger partial charge in [0.15, 0.2) is 5.82 Å². The molecule has 0 bridgehead atoms. The Morgan fingerprint density at radius 2 is 1.87 bits per heavy atom. The first-order valence-corrected chi connectivity index (χ1v) is 8.97. The van der Waals surface area contributed by atoms with Gasteiger partial charge in [-0.25, -0.2) is 4.98 Å². The monoisotopic (exact) mass is 449 g/mol. The van der Waals surface area contributed by atoms with Gasteiger partial charge in [0, 0.05) is 18.9 Å². The van der Waals surface area contributed by atoms with Gasteiger partial charge in [0.1, 0.15) is 6.04 Å². The minimum Gasteiger partial charge on any atom is -0.350 e. The molecule has 2 aromatic rings. The lowest BCUT2D eigenvalue weighted by atomic mass is 10.1. The molecule has 1 unspecified atom stereocenters. The van der Waals surface area contributed by atoms with Gasteiger partial charge in [-0.2, -0.15) is 26.3 Å². The number of rotatable bonds is 4. The molecule has 2 heterocycles. The topological polar surface area (TPSA) is 45.2 Å². The lowest BCUT2D eigenvalue weighted by Gasteiger charge is -2.25. The second-order valence-corrected chi connectivity index (χ2v) is 6.85. The number of pyridine rings is 1. The number of alkyl halides is 6. The van der Waals surface area contributed by atoms with Crippen molar-refractivity contribution in [2.24, 2.45) is 0 Å². The molecular formula is C19H14ClF6N3O. The maximum atomic E-state index is 13.1. The molecule has 1 N–H and O–H groups in total. The number of nitrogens with zero attached hydrogens (tertiary/aromatic N) is 2. The number of amides is 1. The standard InChI is InChI=1S/C19H14ClF6N3O/c20-14-8-12(18(21,22)23)10-27-16(14)29-7-3-6-15(29)17(30)28-9-11-4-1-2-5-13(11)19(24,25)26/h1-5,7-8,10,15H,6,9H2,(H,28,30).